The third-order valence-electron chi connectivity index (χ3n) is 2.09. The molecular formula is C11H9ClFN3. The third kappa shape index (κ3) is 2.12. The number of nitrogen functional groups attached to an aromatic ring is 1. The molecule has 0 aliphatic heterocycles. The molecule has 82 valence electrons. The Balaban J connectivity index is 2.54. The van der Waals surface area contributed by atoms with Crippen LogP contribution in [0.4, 0.5) is 10.3 Å². The van der Waals surface area contributed by atoms with Crippen LogP contribution in [0.2, 0.25) is 5.02 Å². The molecule has 0 radical (unpaired) electrons. The topological polar surface area (TPSA) is 51.8 Å². The van der Waals surface area contributed by atoms with Gasteiger partial charge in [0.25, 0.3) is 0 Å². The summed E-state index contributed by atoms with van der Waals surface area (Å²) in [6, 6.07) is 6.17. The second-order valence-corrected chi connectivity index (χ2v) is 3.79. The van der Waals surface area contributed by atoms with E-state index >= 15 is 0 Å². The standard InChI is InChI=1S/C11H9ClFN3/c1-6-4-10(16-11(14)15-6)7-2-3-9(13)8(12)5-7/h2-5H,1H3,(H2,14,15,16). The van der Waals surface area contributed by atoms with Gasteiger partial charge in [0, 0.05) is 11.3 Å². The van der Waals surface area contributed by atoms with Gasteiger partial charge in [-0.15, -0.1) is 0 Å². The van der Waals surface area contributed by atoms with E-state index in [4.69, 9.17) is 17.3 Å². The van der Waals surface area contributed by atoms with Crippen LogP contribution in [0.25, 0.3) is 11.3 Å². The number of hydrogen-bond acceptors (Lipinski definition) is 3. The molecule has 1 aromatic heterocycles. The maximum Gasteiger partial charge on any atom is 0.220 e. The van der Waals surface area contributed by atoms with Gasteiger partial charge in [-0.3, -0.25) is 0 Å². The second-order valence-electron chi connectivity index (χ2n) is 3.38. The molecule has 0 aliphatic carbocycles. The minimum Gasteiger partial charge on any atom is -0.368 e. The van der Waals surface area contributed by atoms with Crippen molar-refractivity contribution in [3.05, 3.63) is 40.8 Å². The highest BCUT2D eigenvalue weighted by Gasteiger charge is 2.06. The smallest absolute Gasteiger partial charge is 0.220 e. The van der Waals surface area contributed by atoms with Crippen LogP contribution in [0.1, 0.15) is 5.69 Å². The first-order valence-electron chi connectivity index (χ1n) is 4.63. The SMILES string of the molecule is Cc1cc(-c2ccc(F)c(Cl)c2)nc(N)n1. The summed E-state index contributed by atoms with van der Waals surface area (Å²) >= 11 is 5.69. The first-order chi connectivity index (χ1) is 7.56. The second kappa shape index (κ2) is 4.06. The maximum atomic E-state index is 13.0. The molecule has 0 unspecified atom stereocenters. The highest BCUT2D eigenvalue weighted by Crippen LogP contribution is 2.24. The summed E-state index contributed by atoms with van der Waals surface area (Å²) in [7, 11) is 0. The van der Waals surface area contributed by atoms with E-state index in [1.54, 1.807) is 12.1 Å². The van der Waals surface area contributed by atoms with Crippen LogP contribution >= 0.6 is 11.6 Å². The fourth-order valence-electron chi connectivity index (χ4n) is 1.39. The molecule has 0 aliphatic rings. The number of hydrogen-bond donors (Lipinski definition) is 1. The van der Waals surface area contributed by atoms with Gasteiger partial charge in [-0.1, -0.05) is 11.6 Å². The van der Waals surface area contributed by atoms with Gasteiger partial charge < -0.3 is 5.73 Å². The van der Waals surface area contributed by atoms with Gasteiger partial charge in [0.05, 0.1) is 10.7 Å². The largest absolute Gasteiger partial charge is 0.368 e. The van der Waals surface area contributed by atoms with Crippen LogP contribution in [0, 0.1) is 12.7 Å². The zero-order chi connectivity index (χ0) is 11.7. The van der Waals surface area contributed by atoms with E-state index in [2.05, 4.69) is 9.97 Å². The monoisotopic (exact) mass is 237 g/mol. The van der Waals surface area contributed by atoms with Gasteiger partial charge in [-0.05, 0) is 31.2 Å². The number of aryl methyl sites for hydroxylation is 1. The number of nitrogens with zero attached hydrogens (tertiary/aromatic N) is 2. The minimum atomic E-state index is -0.454. The number of rotatable bonds is 1. The Hall–Kier alpha value is -1.68. The molecule has 3 nitrogen and oxygen atoms in total. The number of nitrogens with two attached hydrogens (primary N) is 1. The first-order valence-corrected chi connectivity index (χ1v) is 5.00. The summed E-state index contributed by atoms with van der Waals surface area (Å²) in [5.41, 5.74) is 7.63. The van der Waals surface area contributed by atoms with Gasteiger partial charge in [-0.25, -0.2) is 14.4 Å². The lowest BCUT2D eigenvalue weighted by Crippen LogP contribution is -1.98. The zero-order valence-electron chi connectivity index (χ0n) is 8.54. The molecule has 2 aromatic rings. The van der Waals surface area contributed by atoms with Crippen molar-refractivity contribution in [2.45, 2.75) is 6.92 Å². The van der Waals surface area contributed by atoms with Crippen molar-refractivity contribution in [3.8, 4) is 11.3 Å². The van der Waals surface area contributed by atoms with Gasteiger partial charge in [0.15, 0.2) is 0 Å². The molecule has 5 heteroatoms. The van der Waals surface area contributed by atoms with Gasteiger partial charge >= 0.3 is 0 Å². The molecule has 0 spiro atoms. The average molecular weight is 238 g/mol. The molecular weight excluding hydrogens is 229 g/mol. The molecule has 0 saturated heterocycles. The highest BCUT2D eigenvalue weighted by atomic mass is 35.5. The lowest BCUT2D eigenvalue weighted by atomic mass is 10.1. The fraction of sp³-hybridized carbons (Fsp3) is 0.0909. The van der Waals surface area contributed by atoms with E-state index in [1.807, 2.05) is 6.92 Å². The summed E-state index contributed by atoms with van der Waals surface area (Å²) in [4.78, 5) is 8.02. The lowest BCUT2D eigenvalue weighted by Gasteiger charge is -2.04. The van der Waals surface area contributed by atoms with E-state index in [-0.39, 0.29) is 11.0 Å². The first kappa shape index (κ1) is 10.8. The van der Waals surface area contributed by atoms with Gasteiger partial charge in [0.2, 0.25) is 5.95 Å². The molecule has 16 heavy (non-hydrogen) atoms. The molecule has 0 fully saturated rings. The molecule has 0 bridgehead atoms. The maximum absolute atomic E-state index is 13.0. The van der Waals surface area contributed by atoms with Crippen LogP contribution < -0.4 is 5.73 Å². The quantitative estimate of drug-likeness (QED) is 0.830. The van der Waals surface area contributed by atoms with Crippen molar-refractivity contribution in [3.63, 3.8) is 0 Å². The Kier molecular flexibility index (Phi) is 2.75. The van der Waals surface area contributed by atoms with Crippen molar-refractivity contribution in [2.75, 3.05) is 5.73 Å². The third-order valence-corrected chi connectivity index (χ3v) is 2.38. The van der Waals surface area contributed by atoms with E-state index < -0.39 is 5.82 Å². The van der Waals surface area contributed by atoms with Crippen LogP contribution in [-0.4, -0.2) is 9.97 Å². The molecule has 0 saturated carbocycles. The highest BCUT2D eigenvalue weighted by molar-refractivity contribution is 6.31. The number of anilines is 1. The fourth-order valence-corrected chi connectivity index (χ4v) is 1.58. The zero-order valence-corrected chi connectivity index (χ0v) is 9.29. The summed E-state index contributed by atoms with van der Waals surface area (Å²) in [5.74, 6) is -0.264. The van der Waals surface area contributed by atoms with Gasteiger partial charge in [-0.2, -0.15) is 0 Å². The lowest BCUT2D eigenvalue weighted by molar-refractivity contribution is 0.628. The van der Waals surface area contributed by atoms with Gasteiger partial charge in [0.1, 0.15) is 5.82 Å². The predicted octanol–water partition coefficient (Wildman–Crippen LogP) is 2.83. The Morgan fingerprint density at radius 2 is 2.00 bits per heavy atom. The van der Waals surface area contributed by atoms with Crippen LogP contribution in [0.15, 0.2) is 24.3 Å². The van der Waals surface area contributed by atoms with Crippen molar-refractivity contribution in [1.29, 1.82) is 0 Å². The Morgan fingerprint density at radius 3 is 2.62 bits per heavy atom. The van der Waals surface area contributed by atoms with Crippen molar-refractivity contribution < 1.29 is 4.39 Å². The molecule has 0 amide bonds. The summed E-state index contributed by atoms with van der Waals surface area (Å²) in [5, 5.41) is 0.0623. The van der Waals surface area contributed by atoms with Crippen molar-refractivity contribution >= 4 is 17.5 Å². The Bertz CT molecular complexity index is 522. The van der Waals surface area contributed by atoms with Crippen LogP contribution in [0.3, 0.4) is 0 Å². The normalized spacial score (nSPS) is 10.4. The molecule has 0 atom stereocenters. The summed E-state index contributed by atoms with van der Waals surface area (Å²) in [6.07, 6.45) is 0. The minimum absolute atomic E-state index is 0.0623. The Morgan fingerprint density at radius 1 is 1.25 bits per heavy atom. The van der Waals surface area contributed by atoms with Crippen molar-refractivity contribution in [1.82, 2.24) is 9.97 Å². The number of aromatic nitrogens is 2. The molecule has 2 rings (SSSR count). The van der Waals surface area contributed by atoms with E-state index in [1.165, 1.54) is 12.1 Å². The van der Waals surface area contributed by atoms with E-state index in [9.17, 15) is 4.39 Å². The average Bonchev–Trinajstić information content (AvgIpc) is 2.20. The van der Waals surface area contributed by atoms with E-state index in [0.717, 1.165) is 5.69 Å². The molecule has 1 heterocycles. The molecule has 2 N–H and O–H groups in total. The summed E-state index contributed by atoms with van der Waals surface area (Å²) in [6.45, 7) is 1.81. The summed E-state index contributed by atoms with van der Waals surface area (Å²) < 4.78 is 13.0. The van der Waals surface area contributed by atoms with Crippen LogP contribution in [-0.2, 0) is 0 Å². The predicted molar refractivity (Wildman–Crippen MR) is 61.6 cm³/mol. The number of benzene rings is 1. The number of halogens is 2. The Labute approximate surface area is 97.1 Å². The van der Waals surface area contributed by atoms with Crippen LogP contribution in [0.5, 0.6) is 0 Å². The van der Waals surface area contributed by atoms with Crippen molar-refractivity contribution in [2.24, 2.45) is 0 Å². The molecule has 1 aromatic carbocycles. The van der Waals surface area contributed by atoms with E-state index in [0.29, 0.717) is 11.3 Å².